The molecular formula is C13H16O4. The van der Waals surface area contributed by atoms with Gasteiger partial charge in [0.2, 0.25) is 0 Å². The van der Waals surface area contributed by atoms with Crippen molar-refractivity contribution < 1.29 is 19.4 Å². The van der Waals surface area contributed by atoms with Gasteiger partial charge in [0.05, 0.1) is 14.2 Å². The van der Waals surface area contributed by atoms with Crippen LogP contribution in [0.4, 0.5) is 0 Å². The minimum atomic E-state index is -1.39. The van der Waals surface area contributed by atoms with E-state index >= 15 is 0 Å². The standard InChI is InChI=1S/C13H16O4/c1-16-11-4-3-9-5-6-13(15,12(14)17-2)8-10(9)7-11/h3-4,7,15H,5-6,8H2,1-2H3. The lowest BCUT2D eigenvalue weighted by Crippen LogP contribution is -2.44. The maximum Gasteiger partial charge on any atom is 0.338 e. The Morgan fingerprint density at radius 2 is 2.12 bits per heavy atom. The Hall–Kier alpha value is -1.55. The van der Waals surface area contributed by atoms with E-state index in [0.717, 1.165) is 16.9 Å². The summed E-state index contributed by atoms with van der Waals surface area (Å²) in [6.07, 6.45) is 1.36. The maximum atomic E-state index is 11.5. The number of hydrogen-bond acceptors (Lipinski definition) is 4. The summed E-state index contributed by atoms with van der Waals surface area (Å²) in [5.74, 6) is 0.170. The van der Waals surface area contributed by atoms with Crippen LogP contribution in [0.3, 0.4) is 0 Å². The first kappa shape index (κ1) is 11.9. The Morgan fingerprint density at radius 3 is 2.76 bits per heavy atom. The van der Waals surface area contributed by atoms with Crippen LogP contribution in [0.5, 0.6) is 5.75 Å². The van der Waals surface area contributed by atoms with E-state index in [1.807, 2.05) is 18.2 Å². The first-order chi connectivity index (χ1) is 8.09. The summed E-state index contributed by atoms with van der Waals surface area (Å²) in [7, 11) is 2.89. The lowest BCUT2D eigenvalue weighted by Gasteiger charge is -2.30. The fraction of sp³-hybridized carbons (Fsp3) is 0.462. The Bertz CT molecular complexity index is 441. The summed E-state index contributed by atoms with van der Waals surface area (Å²) in [5.41, 5.74) is 0.705. The number of fused-ring (bicyclic) bond motifs is 1. The Morgan fingerprint density at radius 1 is 1.35 bits per heavy atom. The molecule has 0 fully saturated rings. The van der Waals surface area contributed by atoms with Crippen LogP contribution in [0, 0.1) is 0 Å². The number of aryl methyl sites for hydroxylation is 1. The molecule has 0 bridgehead atoms. The average Bonchev–Trinajstić information content (AvgIpc) is 2.36. The minimum Gasteiger partial charge on any atom is -0.497 e. The summed E-state index contributed by atoms with van der Waals surface area (Å²) in [5, 5.41) is 10.2. The van der Waals surface area contributed by atoms with Gasteiger partial charge in [0.1, 0.15) is 5.75 Å². The molecule has 0 amide bonds. The number of carbonyl (C=O) groups is 1. The highest BCUT2D eigenvalue weighted by Gasteiger charge is 2.40. The molecule has 1 aliphatic carbocycles. The number of methoxy groups -OCH3 is 2. The fourth-order valence-corrected chi connectivity index (χ4v) is 2.25. The molecule has 2 rings (SSSR count). The van der Waals surface area contributed by atoms with E-state index in [1.165, 1.54) is 7.11 Å². The van der Waals surface area contributed by atoms with E-state index in [4.69, 9.17) is 4.74 Å². The molecule has 17 heavy (non-hydrogen) atoms. The van der Waals surface area contributed by atoms with Gasteiger partial charge < -0.3 is 14.6 Å². The van der Waals surface area contributed by atoms with E-state index in [2.05, 4.69) is 4.74 Å². The number of ether oxygens (including phenoxy) is 2. The van der Waals surface area contributed by atoms with Crippen molar-refractivity contribution in [2.24, 2.45) is 0 Å². The SMILES string of the molecule is COC(=O)C1(O)CCc2ccc(OC)cc2C1. The number of aliphatic hydroxyl groups is 1. The smallest absolute Gasteiger partial charge is 0.338 e. The molecule has 0 saturated carbocycles. The molecule has 1 N–H and O–H groups in total. The van der Waals surface area contributed by atoms with E-state index < -0.39 is 11.6 Å². The van der Waals surface area contributed by atoms with Crippen LogP contribution in [0.25, 0.3) is 0 Å². The van der Waals surface area contributed by atoms with Crippen molar-refractivity contribution in [3.8, 4) is 5.75 Å². The average molecular weight is 236 g/mol. The van der Waals surface area contributed by atoms with Crippen LogP contribution in [-0.4, -0.2) is 30.9 Å². The summed E-state index contributed by atoms with van der Waals surface area (Å²) in [4.78, 5) is 11.5. The van der Waals surface area contributed by atoms with Crippen molar-refractivity contribution in [3.63, 3.8) is 0 Å². The molecular weight excluding hydrogens is 220 g/mol. The van der Waals surface area contributed by atoms with E-state index in [-0.39, 0.29) is 6.42 Å². The number of benzene rings is 1. The first-order valence-corrected chi connectivity index (χ1v) is 5.55. The number of rotatable bonds is 2. The van der Waals surface area contributed by atoms with Gasteiger partial charge >= 0.3 is 5.97 Å². The zero-order valence-electron chi connectivity index (χ0n) is 10.0. The molecule has 0 spiro atoms. The second-order valence-electron chi connectivity index (χ2n) is 4.33. The molecule has 1 unspecified atom stereocenters. The highest BCUT2D eigenvalue weighted by Crippen LogP contribution is 2.31. The highest BCUT2D eigenvalue weighted by atomic mass is 16.5. The molecule has 1 aromatic rings. The van der Waals surface area contributed by atoms with Crippen molar-refractivity contribution in [1.82, 2.24) is 0 Å². The summed E-state index contributed by atoms with van der Waals surface area (Å²) in [6, 6.07) is 5.73. The van der Waals surface area contributed by atoms with Crippen LogP contribution in [0.1, 0.15) is 17.5 Å². The number of carbonyl (C=O) groups excluding carboxylic acids is 1. The molecule has 1 atom stereocenters. The topological polar surface area (TPSA) is 55.8 Å². The molecule has 1 aromatic carbocycles. The first-order valence-electron chi connectivity index (χ1n) is 5.55. The summed E-state index contributed by atoms with van der Waals surface area (Å²) in [6.45, 7) is 0. The third kappa shape index (κ3) is 2.13. The fourth-order valence-electron chi connectivity index (χ4n) is 2.25. The Kier molecular flexibility index (Phi) is 3.07. The van der Waals surface area contributed by atoms with E-state index in [0.29, 0.717) is 12.8 Å². The largest absolute Gasteiger partial charge is 0.497 e. The lowest BCUT2D eigenvalue weighted by molar-refractivity contribution is -0.163. The van der Waals surface area contributed by atoms with Gasteiger partial charge in [-0.3, -0.25) is 0 Å². The van der Waals surface area contributed by atoms with Crippen LogP contribution in [-0.2, 0) is 22.4 Å². The van der Waals surface area contributed by atoms with Gasteiger partial charge in [-0.15, -0.1) is 0 Å². The van der Waals surface area contributed by atoms with Gasteiger partial charge in [-0.05, 0) is 36.1 Å². The molecule has 1 aliphatic rings. The van der Waals surface area contributed by atoms with Gasteiger partial charge in [-0.1, -0.05) is 6.07 Å². The summed E-state index contributed by atoms with van der Waals surface area (Å²) < 4.78 is 9.78. The van der Waals surface area contributed by atoms with Crippen LogP contribution in [0.2, 0.25) is 0 Å². The molecule has 4 nitrogen and oxygen atoms in total. The van der Waals surface area contributed by atoms with Gasteiger partial charge in [0.25, 0.3) is 0 Å². The Labute approximate surface area is 100 Å². The highest BCUT2D eigenvalue weighted by molar-refractivity contribution is 5.80. The van der Waals surface area contributed by atoms with Crippen molar-refractivity contribution in [2.45, 2.75) is 24.9 Å². The normalized spacial score (nSPS) is 22.8. The van der Waals surface area contributed by atoms with Crippen molar-refractivity contribution in [2.75, 3.05) is 14.2 Å². The third-order valence-electron chi connectivity index (χ3n) is 3.27. The monoisotopic (exact) mass is 236 g/mol. The lowest BCUT2D eigenvalue weighted by atomic mass is 9.80. The molecule has 0 aromatic heterocycles. The van der Waals surface area contributed by atoms with Crippen molar-refractivity contribution in [3.05, 3.63) is 29.3 Å². The molecule has 92 valence electrons. The van der Waals surface area contributed by atoms with Gasteiger partial charge in [-0.25, -0.2) is 4.79 Å². The second kappa shape index (κ2) is 4.37. The van der Waals surface area contributed by atoms with Crippen LogP contribution < -0.4 is 4.74 Å². The van der Waals surface area contributed by atoms with Crippen LogP contribution >= 0.6 is 0 Å². The summed E-state index contributed by atoms with van der Waals surface area (Å²) >= 11 is 0. The van der Waals surface area contributed by atoms with Gasteiger partial charge in [-0.2, -0.15) is 0 Å². The van der Waals surface area contributed by atoms with Gasteiger partial charge in [0.15, 0.2) is 5.60 Å². The molecule has 0 saturated heterocycles. The minimum absolute atomic E-state index is 0.284. The van der Waals surface area contributed by atoms with Crippen LogP contribution in [0.15, 0.2) is 18.2 Å². The molecule has 0 aliphatic heterocycles. The maximum absolute atomic E-state index is 11.5. The Balaban J connectivity index is 2.31. The predicted molar refractivity (Wildman–Crippen MR) is 62.0 cm³/mol. The molecule has 0 heterocycles. The quantitative estimate of drug-likeness (QED) is 0.781. The van der Waals surface area contributed by atoms with Gasteiger partial charge in [0, 0.05) is 6.42 Å². The third-order valence-corrected chi connectivity index (χ3v) is 3.27. The zero-order chi connectivity index (χ0) is 12.5. The number of hydrogen-bond donors (Lipinski definition) is 1. The number of esters is 1. The van der Waals surface area contributed by atoms with E-state index in [9.17, 15) is 9.90 Å². The second-order valence-corrected chi connectivity index (χ2v) is 4.33. The van der Waals surface area contributed by atoms with Crippen molar-refractivity contribution in [1.29, 1.82) is 0 Å². The predicted octanol–water partition coefficient (Wildman–Crippen LogP) is 1.09. The molecule has 4 heteroatoms. The van der Waals surface area contributed by atoms with Crippen molar-refractivity contribution >= 4 is 5.97 Å². The zero-order valence-corrected chi connectivity index (χ0v) is 10.0. The molecule has 0 radical (unpaired) electrons. The van der Waals surface area contributed by atoms with E-state index in [1.54, 1.807) is 7.11 Å².